The van der Waals surface area contributed by atoms with E-state index in [-0.39, 0.29) is 5.56 Å². The highest BCUT2D eigenvalue weighted by Crippen LogP contribution is 2.35. The van der Waals surface area contributed by atoms with Gasteiger partial charge in [0.2, 0.25) is 11.6 Å². The molecule has 0 atom stereocenters. The summed E-state index contributed by atoms with van der Waals surface area (Å²) in [5, 5.41) is 32.3. The standard InChI is InChI=1S/C21H13BrN4O7/c1-32-18-4-2-11(7-15(18)22)21-24-16-8-13(3-5-19(16)33-21)23-10-12-6-14(25(28)29)9-17(20(12)27)26(30)31/h2-10,27H,1H3. The van der Waals surface area contributed by atoms with Crippen LogP contribution in [0.25, 0.3) is 22.6 Å². The van der Waals surface area contributed by atoms with E-state index in [0.29, 0.717) is 34.5 Å². The maximum atomic E-state index is 11.1. The third-order valence-corrected chi connectivity index (χ3v) is 5.25. The number of aromatic hydroxyl groups is 1. The van der Waals surface area contributed by atoms with Crippen molar-refractivity contribution in [2.45, 2.75) is 0 Å². The molecule has 12 heteroatoms. The first-order valence-electron chi connectivity index (χ1n) is 9.21. The molecule has 0 fully saturated rings. The lowest BCUT2D eigenvalue weighted by Crippen LogP contribution is -1.96. The lowest BCUT2D eigenvalue weighted by atomic mass is 10.1. The Labute approximate surface area is 193 Å². The van der Waals surface area contributed by atoms with E-state index in [1.54, 1.807) is 43.5 Å². The molecule has 1 N–H and O–H groups in total. The number of phenols is 1. The second kappa shape index (κ2) is 8.67. The summed E-state index contributed by atoms with van der Waals surface area (Å²) >= 11 is 3.42. The Kier molecular flexibility index (Phi) is 5.75. The summed E-state index contributed by atoms with van der Waals surface area (Å²) in [6.07, 6.45) is 1.11. The van der Waals surface area contributed by atoms with E-state index in [0.717, 1.165) is 22.3 Å². The number of nitrogens with zero attached hydrogens (tertiary/aromatic N) is 4. The monoisotopic (exact) mass is 512 g/mol. The van der Waals surface area contributed by atoms with Crippen molar-refractivity contribution in [3.63, 3.8) is 0 Å². The number of aromatic nitrogens is 1. The Bertz CT molecular complexity index is 1450. The molecule has 0 aliphatic rings. The fourth-order valence-corrected chi connectivity index (χ4v) is 3.57. The Morgan fingerprint density at radius 1 is 1.12 bits per heavy atom. The average Bonchev–Trinajstić information content (AvgIpc) is 3.21. The van der Waals surface area contributed by atoms with Crippen LogP contribution >= 0.6 is 15.9 Å². The van der Waals surface area contributed by atoms with Gasteiger partial charge in [-0.15, -0.1) is 0 Å². The van der Waals surface area contributed by atoms with Gasteiger partial charge in [-0.3, -0.25) is 25.2 Å². The number of benzene rings is 3. The molecule has 33 heavy (non-hydrogen) atoms. The molecule has 4 aromatic rings. The van der Waals surface area contributed by atoms with Gasteiger partial charge in [0.05, 0.1) is 33.2 Å². The molecule has 4 rings (SSSR count). The van der Waals surface area contributed by atoms with Gasteiger partial charge in [0.25, 0.3) is 5.69 Å². The third kappa shape index (κ3) is 4.36. The Morgan fingerprint density at radius 3 is 2.58 bits per heavy atom. The molecule has 0 radical (unpaired) electrons. The van der Waals surface area contributed by atoms with Gasteiger partial charge in [-0.05, 0) is 52.3 Å². The summed E-state index contributed by atoms with van der Waals surface area (Å²) in [6.45, 7) is 0. The number of fused-ring (bicyclic) bond motifs is 1. The van der Waals surface area contributed by atoms with Gasteiger partial charge in [0.15, 0.2) is 5.58 Å². The van der Waals surface area contributed by atoms with Crippen LogP contribution in [0.5, 0.6) is 11.5 Å². The number of hydrogen-bond acceptors (Lipinski definition) is 9. The van der Waals surface area contributed by atoms with Gasteiger partial charge in [0.1, 0.15) is 11.3 Å². The number of aliphatic imine (C=N–C) groups is 1. The number of ether oxygens (including phenoxy) is 1. The minimum Gasteiger partial charge on any atom is -0.502 e. The van der Waals surface area contributed by atoms with Gasteiger partial charge in [-0.25, -0.2) is 4.98 Å². The summed E-state index contributed by atoms with van der Waals surface area (Å²) in [5.41, 5.74) is 0.631. The molecule has 1 heterocycles. The van der Waals surface area contributed by atoms with Crippen LogP contribution in [0.4, 0.5) is 17.1 Å². The predicted octanol–water partition coefficient (Wildman–Crippen LogP) is 5.54. The molecule has 0 aliphatic heterocycles. The SMILES string of the molecule is COc1ccc(-c2nc3cc(N=Cc4cc([N+](=O)[O-])cc([N+](=O)[O-])c4O)ccc3o2)cc1Br. The average molecular weight is 513 g/mol. The summed E-state index contributed by atoms with van der Waals surface area (Å²) in [5.74, 6) is 0.321. The maximum absolute atomic E-state index is 11.1. The number of hydrogen-bond donors (Lipinski definition) is 1. The van der Waals surface area contributed by atoms with Crippen molar-refractivity contribution in [1.29, 1.82) is 0 Å². The highest BCUT2D eigenvalue weighted by molar-refractivity contribution is 9.10. The smallest absolute Gasteiger partial charge is 0.318 e. The van der Waals surface area contributed by atoms with Crippen LogP contribution in [0.2, 0.25) is 0 Å². The van der Waals surface area contributed by atoms with Crippen LogP contribution in [0.1, 0.15) is 5.56 Å². The van der Waals surface area contributed by atoms with Gasteiger partial charge in [-0.1, -0.05) is 0 Å². The third-order valence-electron chi connectivity index (χ3n) is 4.63. The molecular formula is C21H13BrN4O7. The summed E-state index contributed by atoms with van der Waals surface area (Å²) in [7, 11) is 1.56. The van der Waals surface area contributed by atoms with E-state index in [4.69, 9.17) is 9.15 Å². The fraction of sp³-hybridized carbons (Fsp3) is 0.0476. The Hall–Kier alpha value is -4.32. The second-order valence-corrected chi connectivity index (χ2v) is 7.55. The largest absolute Gasteiger partial charge is 0.502 e. The minimum absolute atomic E-state index is 0.167. The van der Waals surface area contributed by atoms with E-state index < -0.39 is 27.0 Å². The highest BCUT2D eigenvalue weighted by atomic mass is 79.9. The molecule has 0 saturated carbocycles. The van der Waals surface area contributed by atoms with Crippen molar-refractivity contribution in [2.24, 2.45) is 4.99 Å². The molecule has 0 aliphatic carbocycles. The number of nitro benzene ring substituents is 2. The molecule has 0 unspecified atom stereocenters. The first-order chi connectivity index (χ1) is 15.8. The second-order valence-electron chi connectivity index (χ2n) is 6.70. The molecule has 166 valence electrons. The molecule has 1 aromatic heterocycles. The van der Waals surface area contributed by atoms with E-state index >= 15 is 0 Å². The van der Waals surface area contributed by atoms with Crippen LogP contribution < -0.4 is 4.74 Å². The van der Waals surface area contributed by atoms with E-state index in [2.05, 4.69) is 25.9 Å². The van der Waals surface area contributed by atoms with Crippen LogP contribution in [0.15, 0.2) is 62.4 Å². The van der Waals surface area contributed by atoms with Crippen molar-refractivity contribution >= 4 is 50.3 Å². The van der Waals surface area contributed by atoms with Gasteiger partial charge >= 0.3 is 5.69 Å². The first kappa shape index (κ1) is 21.9. The number of phenolic OH excluding ortho intramolecular Hbond substituents is 1. The Balaban J connectivity index is 1.68. The fourth-order valence-electron chi connectivity index (χ4n) is 3.03. The number of rotatable bonds is 6. The van der Waals surface area contributed by atoms with Gasteiger partial charge in [-0.2, -0.15) is 0 Å². The van der Waals surface area contributed by atoms with Crippen molar-refractivity contribution in [3.05, 3.63) is 78.8 Å². The maximum Gasteiger partial charge on any atom is 0.318 e. The predicted molar refractivity (Wildman–Crippen MR) is 122 cm³/mol. The number of nitro groups is 2. The van der Waals surface area contributed by atoms with E-state index in [1.807, 2.05) is 0 Å². The van der Waals surface area contributed by atoms with Gasteiger partial charge < -0.3 is 14.3 Å². The van der Waals surface area contributed by atoms with Crippen LogP contribution in [0, 0.1) is 20.2 Å². The number of halogens is 1. The summed E-state index contributed by atoms with van der Waals surface area (Å²) in [6, 6.07) is 11.9. The molecular weight excluding hydrogens is 500 g/mol. The lowest BCUT2D eigenvalue weighted by Gasteiger charge is -2.03. The molecule has 0 amide bonds. The summed E-state index contributed by atoms with van der Waals surface area (Å²) in [4.78, 5) is 29.1. The van der Waals surface area contributed by atoms with E-state index in [1.165, 1.54) is 0 Å². The topological polar surface area (TPSA) is 154 Å². The minimum atomic E-state index is -0.903. The molecule has 0 bridgehead atoms. The van der Waals surface area contributed by atoms with E-state index in [9.17, 15) is 25.3 Å². The van der Waals surface area contributed by atoms with Crippen LogP contribution in [-0.2, 0) is 0 Å². The highest BCUT2D eigenvalue weighted by Gasteiger charge is 2.23. The molecule has 0 saturated heterocycles. The normalized spacial score (nSPS) is 11.2. The van der Waals surface area contributed by atoms with Gasteiger partial charge in [0, 0.05) is 23.4 Å². The first-order valence-corrected chi connectivity index (χ1v) is 10.0. The van der Waals surface area contributed by atoms with Crippen molar-refractivity contribution < 1.29 is 24.1 Å². The zero-order valence-corrected chi connectivity index (χ0v) is 18.3. The van der Waals surface area contributed by atoms with Crippen LogP contribution in [0.3, 0.4) is 0 Å². The van der Waals surface area contributed by atoms with Crippen molar-refractivity contribution in [1.82, 2.24) is 4.98 Å². The zero-order chi connectivity index (χ0) is 23.7. The number of non-ortho nitro benzene ring substituents is 1. The number of methoxy groups -OCH3 is 1. The quantitative estimate of drug-likeness (QED) is 0.200. The lowest BCUT2D eigenvalue weighted by molar-refractivity contribution is -0.394. The van der Waals surface area contributed by atoms with Crippen molar-refractivity contribution in [3.8, 4) is 23.0 Å². The summed E-state index contributed by atoms with van der Waals surface area (Å²) < 4.78 is 11.7. The molecule has 3 aromatic carbocycles. The number of oxazole rings is 1. The van der Waals surface area contributed by atoms with Crippen molar-refractivity contribution in [2.75, 3.05) is 7.11 Å². The Morgan fingerprint density at radius 2 is 1.91 bits per heavy atom. The van der Waals surface area contributed by atoms with Crippen LogP contribution in [-0.4, -0.2) is 33.3 Å². The molecule has 11 nitrogen and oxygen atoms in total. The molecule has 0 spiro atoms. The zero-order valence-electron chi connectivity index (χ0n) is 16.8.